The molecule has 150 valence electrons. The van der Waals surface area contributed by atoms with E-state index in [2.05, 4.69) is 11.4 Å². The van der Waals surface area contributed by atoms with Crippen molar-refractivity contribution in [2.75, 3.05) is 12.4 Å². The first-order valence-electron chi connectivity index (χ1n) is 9.02. The highest BCUT2D eigenvalue weighted by Gasteiger charge is 2.13. The Morgan fingerprint density at radius 1 is 1.03 bits per heavy atom. The molecule has 0 saturated heterocycles. The minimum atomic E-state index is -0.610. The van der Waals surface area contributed by atoms with E-state index in [4.69, 9.17) is 15.2 Å². The molecule has 2 amide bonds. The molecule has 0 spiro atoms. The van der Waals surface area contributed by atoms with Crippen molar-refractivity contribution < 1.29 is 19.1 Å². The predicted octanol–water partition coefficient (Wildman–Crippen LogP) is 3.50. The van der Waals surface area contributed by atoms with E-state index >= 15 is 0 Å². The van der Waals surface area contributed by atoms with Crippen LogP contribution in [0.3, 0.4) is 0 Å². The SMILES string of the molecule is COc1ccc(C(N)=O)cc1NC(=O)c1cccc(OCc2ccccc2C#N)c1. The van der Waals surface area contributed by atoms with Crippen molar-refractivity contribution in [3.63, 3.8) is 0 Å². The van der Waals surface area contributed by atoms with Crippen molar-refractivity contribution in [3.05, 3.63) is 89.0 Å². The first-order valence-corrected chi connectivity index (χ1v) is 9.02. The lowest BCUT2D eigenvalue weighted by Gasteiger charge is -2.12. The third-order valence-corrected chi connectivity index (χ3v) is 4.36. The summed E-state index contributed by atoms with van der Waals surface area (Å²) in [6.45, 7) is 0.198. The van der Waals surface area contributed by atoms with Crippen molar-refractivity contribution >= 4 is 17.5 Å². The highest BCUT2D eigenvalue weighted by Crippen LogP contribution is 2.26. The molecule has 0 aliphatic rings. The van der Waals surface area contributed by atoms with Crippen LogP contribution in [-0.4, -0.2) is 18.9 Å². The average molecular weight is 401 g/mol. The van der Waals surface area contributed by atoms with Crippen molar-refractivity contribution in [2.24, 2.45) is 5.73 Å². The van der Waals surface area contributed by atoms with Crippen LogP contribution in [0, 0.1) is 11.3 Å². The number of benzene rings is 3. The van der Waals surface area contributed by atoms with E-state index in [1.165, 1.54) is 19.2 Å². The van der Waals surface area contributed by atoms with Gasteiger partial charge in [0.25, 0.3) is 5.91 Å². The monoisotopic (exact) mass is 401 g/mol. The van der Waals surface area contributed by atoms with Gasteiger partial charge in [0.2, 0.25) is 5.91 Å². The predicted molar refractivity (Wildman–Crippen MR) is 111 cm³/mol. The van der Waals surface area contributed by atoms with Crippen LogP contribution in [0.2, 0.25) is 0 Å². The minimum absolute atomic E-state index is 0.198. The molecular weight excluding hydrogens is 382 g/mol. The molecule has 0 aliphatic carbocycles. The molecular formula is C23H19N3O4. The molecule has 0 aliphatic heterocycles. The summed E-state index contributed by atoms with van der Waals surface area (Å²) in [4.78, 5) is 24.1. The Kier molecular flexibility index (Phi) is 6.30. The van der Waals surface area contributed by atoms with Gasteiger partial charge in [-0.25, -0.2) is 0 Å². The minimum Gasteiger partial charge on any atom is -0.495 e. The molecule has 3 aromatic rings. The smallest absolute Gasteiger partial charge is 0.255 e. The second kappa shape index (κ2) is 9.26. The van der Waals surface area contributed by atoms with Crippen molar-refractivity contribution in [3.8, 4) is 17.6 Å². The number of anilines is 1. The number of hydrogen-bond acceptors (Lipinski definition) is 5. The molecule has 0 saturated carbocycles. The Morgan fingerprint density at radius 2 is 1.83 bits per heavy atom. The molecule has 0 heterocycles. The van der Waals surface area contributed by atoms with Gasteiger partial charge >= 0.3 is 0 Å². The summed E-state index contributed by atoms with van der Waals surface area (Å²) in [6.07, 6.45) is 0. The summed E-state index contributed by atoms with van der Waals surface area (Å²) in [5.41, 5.74) is 7.53. The molecule has 0 atom stereocenters. The number of carbonyl (C=O) groups is 2. The highest BCUT2D eigenvalue weighted by atomic mass is 16.5. The van der Waals surface area contributed by atoms with E-state index in [9.17, 15) is 14.9 Å². The van der Waals surface area contributed by atoms with Crippen molar-refractivity contribution in [1.29, 1.82) is 5.26 Å². The average Bonchev–Trinajstić information content (AvgIpc) is 2.77. The zero-order chi connectivity index (χ0) is 21.5. The zero-order valence-electron chi connectivity index (χ0n) is 16.2. The van der Waals surface area contributed by atoms with Crippen LogP contribution < -0.4 is 20.5 Å². The van der Waals surface area contributed by atoms with Crippen molar-refractivity contribution in [1.82, 2.24) is 0 Å². The maximum atomic E-state index is 12.7. The first kappa shape index (κ1) is 20.4. The lowest BCUT2D eigenvalue weighted by Crippen LogP contribution is -2.15. The summed E-state index contributed by atoms with van der Waals surface area (Å²) in [7, 11) is 1.46. The number of carbonyl (C=O) groups excluding carboxylic acids is 2. The molecule has 3 rings (SSSR count). The Bertz CT molecular complexity index is 1140. The van der Waals surface area contributed by atoms with Gasteiger partial charge < -0.3 is 20.5 Å². The lowest BCUT2D eigenvalue weighted by atomic mass is 10.1. The van der Waals surface area contributed by atoms with Gasteiger partial charge in [-0.15, -0.1) is 0 Å². The molecule has 0 aromatic heterocycles. The Hall–Kier alpha value is -4.31. The fourth-order valence-electron chi connectivity index (χ4n) is 2.80. The van der Waals surface area contributed by atoms with Gasteiger partial charge in [0.15, 0.2) is 0 Å². The van der Waals surface area contributed by atoms with Gasteiger partial charge in [-0.05, 0) is 42.5 Å². The Labute approximate surface area is 173 Å². The normalized spacial score (nSPS) is 10.0. The molecule has 3 N–H and O–H groups in total. The molecule has 3 aromatic carbocycles. The number of nitrogens with one attached hydrogen (secondary N) is 1. The lowest BCUT2D eigenvalue weighted by molar-refractivity contribution is 0.0996. The third-order valence-electron chi connectivity index (χ3n) is 4.36. The summed E-state index contributed by atoms with van der Waals surface area (Å²) < 4.78 is 11.0. The topological polar surface area (TPSA) is 114 Å². The first-order chi connectivity index (χ1) is 14.5. The van der Waals surface area contributed by atoms with Gasteiger partial charge in [-0.1, -0.05) is 24.3 Å². The molecule has 0 fully saturated rings. The second-order valence-corrected chi connectivity index (χ2v) is 6.32. The number of amides is 2. The quantitative estimate of drug-likeness (QED) is 0.629. The molecule has 0 bridgehead atoms. The Balaban J connectivity index is 1.76. The van der Waals surface area contributed by atoms with Crippen LogP contribution in [0.4, 0.5) is 5.69 Å². The fraction of sp³-hybridized carbons (Fsp3) is 0.0870. The molecule has 30 heavy (non-hydrogen) atoms. The number of primary amides is 1. The van der Waals surface area contributed by atoms with E-state index in [0.29, 0.717) is 28.3 Å². The highest BCUT2D eigenvalue weighted by molar-refractivity contribution is 6.06. The summed E-state index contributed by atoms with van der Waals surface area (Å²) in [6, 6.07) is 20.4. The number of methoxy groups -OCH3 is 1. The Morgan fingerprint density at radius 3 is 2.57 bits per heavy atom. The third kappa shape index (κ3) is 4.75. The number of nitrogens with two attached hydrogens (primary N) is 1. The fourth-order valence-corrected chi connectivity index (χ4v) is 2.80. The van der Waals surface area contributed by atoms with Crippen LogP contribution in [-0.2, 0) is 6.61 Å². The van der Waals surface area contributed by atoms with E-state index in [1.54, 1.807) is 42.5 Å². The van der Waals surface area contributed by atoms with Gasteiger partial charge in [-0.3, -0.25) is 9.59 Å². The second-order valence-electron chi connectivity index (χ2n) is 6.32. The number of ether oxygens (including phenoxy) is 2. The zero-order valence-corrected chi connectivity index (χ0v) is 16.2. The summed E-state index contributed by atoms with van der Waals surface area (Å²) in [5.74, 6) is -0.138. The van der Waals surface area contributed by atoms with Crippen molar-refractivity contribution in [2.45, 2.75) is 6.61 Å². The molecule has 0 unspecified atom stereocenters. The van der Waals surface area contributed by atoms with Crippen LogP contribution in [0.25, 0.3) is 0 Å². The molecule has 7 heteroatoms. The van der Waals surface area contributed by atoms with Crippen LogP contribution in [0.1, 0.15) is 31.8 Å². The standard InChI is InChI=1S/C23H19N3O4/c1-29-21-10-9-15(22(25)27)12-20(21)26-23(28)16-7-4-8-19(11-16)30-14-18-6-3-2-5-17(18)13-24/h2-12H,14H2,1H3,(H2,25,27)(H,26,28). The van der Waals surface area contributed by atoms with Crippen LogP contribution in [0.15, 0.2) is 66.7 Å². The largest absolute Gasteiger partial charge is 0.495 e. The van der Waals surface area contributed by atoms with E-state index in [-0.39, 0.29) is 12.2 Å². The van der Waals surface area contributed by atoms with Gasteiger partial charge in [0.1, 0.15) is 18.1 Å². The number of nitrogens with zero attached hydrogens (tertiary/aromatic N) is 1. The van der Waals surface area contributed by atoms with Crippen LogP contribution >= 0.6 is 0 Å². The van der Waals surface area contributed by atoms with E-state index in [0.717, 1.165) is 5.56 Å². The molecule has 0 radical (unpaired) electrons. The number of nitriles is 1. The maximum absolute atomic E-state index is 12.7. The number of rotatable bonds is 7. The van der Waals surface area contributed by atoms with Gasteiger partial charge in [0, 0.05) is 16.7 Å². The maximum Gasteiger partial charge on any atom is 0.255 e. The summed E-state index contributed by atoms with van der Waals surface area (Å²) in [5, 5.41) is 11.9. The number of hydrogen-bond donors (Lipinski definition) is 2. The van der Waals surface area contributed by atoms with Gasteiger partial charge in [0.05, 0.1) is 24.4 Å². The van der Waals surface area contributed by atoms with Crippen LogP contribution in [0.5, 0.6) is 11.5 Å². The van der Waals surface area contributed by atoms with Gasteiger partial charge in [-0.2, -0.15) is 5.26 Å². The summed E-state index contributed by atoms with van der Waals surface area (Å²) >= 11 is 0. The van der Waals surface area contributed by atoms with E-state index in [1.807, 2.05) is 12.1 Å². The van der Waals surface area contributed by atoms with E-state index < -0.39 is 11.8 Å². The molecule has 7 nitrogen and oxygen atoms in total.